The fourth-order valence-corrected chi connectivity index (χ4v) is 2.39. The zero-order chi connectivity index (χ0) is 17.6. The van der Waals surface area contributed by atoms with Crippen LogP contribution < -0.4 is 0 Å². The van der Waals surface area contributed by atoms with Gasteiger partial charge in [-0.1, -0.05) is 12.1 Å². The van der Waals surface area contributed by atoms with E-state index in [1.165, 1.54) is 0 Å². The molecule has 1 heterocycles. The van der Waals surface area contributed by atoms with Gasteiger partial charge in [0.25, 0.3) is 5.92 Å². The fourth-order valence-electron chi connectivity index (χ4n) is 2.39. The van der Waals surface area contributed by atoms with Crippen molar-refractivity contribution in [3.63, 3.8) is 0 Å². The van der Waals surface area contributed by atoms with Gasteiger partial charge in [0.05, 0.1) is 18.7 Å². The number of fused-ring (bicyclic) bond motifs is 1. The molecule has 0 radical (unpaired) electrons. The van der Waals surface area contributed by atoms with E-state index in [0.717, 1.165) is 18.2 Å². The molecule has 1 aliphatic heterocycles. The minimum Gasteiger partial charge on any atom is -0.444 e. The predicted octanol–water partition coefficient (Wildman–Crippen LogP) is 4.55. The zero-order valence-electron chi connectivity index (χ0n) is 12.8. The van der Waals surface area contributed by atoms with E-state index in [0.29, 0.717) is 4.90 Å². The molecule has 1 aliphatic rings. The van der Waals surface area contributed by atoms with Crippen LogP contribution in [0.1, 0.15) is 37.5 Å². The van der Waals surface area contributed by atoms with Crippen LogP contribution in [-0.2, 0) is 23.4 Å². The van der Waals surface area contributed by atoms with Crippen molar-refractivity contribution >= 4 is 6.09 Å². The van der Waals surface area contributed by atoms with E-state index in [-0.39, 0.29) is 0 Å². The molecule has 0 saturated carbocycles. The highest BCUT2D eigenvalue weighted by molar-refractivity contribution is 5.69. The van der Waals surface area contributed by atoms with Gasteiger partial charge in [0.15, 0.2) is 0 Å². The van der Waals surface area contributed by atoms with E-state index in [4.69, 9.17) is 4.74 Å². The molecule has 0 fully saturated rings. The Morgan fingerprint density at radius 2 is 1.83 bits per heavy atom. The molecule has 0 atom stereocenters. The number of nitrogens with zero attached hydrogens (tertiary/aromatic N) is 1. The minimum atomic E-state index is -4.78. The van der Waals surface area contributed by atoms with Crippen LogP contribution >= 0.6 is 0 Å². The number of rotatable bonds is 0. The maximum Gasteiger partial charge on any atom is 0.416 e. The summed E-state index contributed by atoms with van der Waals surface area (Å²) in [6, 6.07) is 2.63. The average Bonchev–Trinajstić information content (AvgIpc) is 2.34. The van der Waals surface area contributed by atoms with Gasteiger partial charge in [-0.2, -0.15) is 22.0 Å². The van der Waals surface area contributed by atoms with Gasteiger partial charge in [0.1, 0.15) is 5.60 Å². The third-order valence-electron chi connectivity index (χ3n) is 3.27. The standard InChI is InChI=1S/C15H16F5NO2/c1-13(2,3)23-12(22)21-7-9-10(14(16,17)8-21)5-4-6-11(9)15(18,19)20/h4-6H,7-8H2,1-3H3. The Hall–Kier alpha value is -1.86. The second kappa shape index (κ2) is 5.35. The van der Waals surface area contributed by atoms with Crippen molar-refractivity contribution in [3.8, 4) is 0 Å². The van der Waals surface area contributed by atoms with Gasteiger partial charge in [-0.3, -0.25) is 4.90 Å². The molecule has 1 aromatic carbocycles. The van der Waals surface area contributed by atoms with Crippen LogP contribution in [0.3, 0.4) is 0 Å². The van der Waals surface area contributed by atoms with E-state index >= 15 is 0 Å². The first-order valence-electron chi connectivity index (χ1n) is 6.86. The third-order valence-corrected chi connectivity index (χ3v) is 3.27. The Labute approximate surface area is 130 Å². The van der Waals surface area contributed by atoms with Gasteiger partial charge in [-0.25, -0.2) is 4.79 Å². The van der Waals surface area contributed by atoms with Gasteiger partial charge < -0.3 is 4.74 Å². The number of halogens is 5. The van der Waals surface area contributed by atoms with Gasteiger partial charge >= 0.3 is 12.3 Å². The maximum absolute atomic E-state index is 14.2. The molecule has 0 N–H and O–H groups in total. The number of alkyl halides is 5. The van der Waals surface area contributed by atoms with E-state index < -0.39 is 53.6 Å². The van der Waals surface area contributed by atoms with Gasteiger partial charge in [-0.05, 0) is 32.4 Å². The molecule has 1 aromatic rings. The van der Waals surface area contributed by atoms with E-state index in [1.54, 1.807) is 20.8 Å². The first kappa shape index (κ1) is 17.5. The predicted molar refractivity (Wildman–Crippen MR) is 72.0 cm³/mol. The summed E-state index contributed by atoms with van der Waals surface area (Å²) in [6.07, 6.45) is -5.85. The van der Waals surface area contributed by atoms with Crippen molar-refractivity contribution in [2.24, 2.45) is 0 Å². The lowest BCUT2D eigenvalue weighted by molar-refractivity contribution is -0.139. The third kappa shape index (κ3) is 3.73. The normalized spacial score (nSPS) is 17.7. The summed E-state index contributed by atoms with van der Waals surface area (Å²) in [5.74, 6) is -3.58. The van der Waals surface area contributed by atoms with Crippen LogP contribution in [0.15, 0.2) is 18.2 Å². The summed E-state index contributed by atoms with van der Waals surface area (Å²) in [5.41, 5.74) is -3.40. The summed E-state index contributed by atoms with van der Waals surface area (Å²) in [6.45, 7) is 3.04. The molecule has 0 aliphatic carbocycles. The maximum atomic E-state index is 14.2. The number of benzene rings is 1. The Bertz CT molecular complexity index is 605. The van der Waals surface area contributed by atoms with E-state index in [1.807, 2.05) is 0 Å². The van der Waals surface area contributed by atoms with Crippen molar-refractivity contribution < 1.29 is 31.5 Å². The van der Waals surface area contributed by atoms with Gasteiger partial charge in [-0.15, -0.1) is 0 Å². The molecule has 0 spiro atoms. The zero-order valence-corrected chi connectivity index (χ0v) is 12.8. The van der Waals surface area contributed by atoms with Crippen LogP contribution in [0.25, 0.3) is 0 Å². The fraction of sp³-hybridized carbons (Fsp3) is 0.533. The molecule has 8 heteroatoms. The van der Waals surface area contributed by atoms with Crippen LogP contribution in [-0.4, -0.2) is 23.1 Å². The lowest BCUT2D eigenvalue weighted by atomic mass is 9.92. The monoisotopic (exact) mass is 337 g/mol. The molecule has 3 nitrogen and oxygen atoms in total. The van der Waals surface area contributed by atoms with Crippen molar-refractivity contribution in [1.82, 2.24) is 4.90 Å². The van der Waals surface area contributed by atoms with Crippen molar-refractivity contribution in [2.75, 3.05) is 6.54 Å². The van der Waals surface area contributed by atoms with E-state index in [2.05, 4.69) is 0 Å². The van der Waals surface area contributed by atoms with Crippen molar-refractivity contribution in [2.45, 2.75) is 45.0 Å². The SMILES string of the molecule is CC(C)(C)OC(=O)N1Cc2c(C(F)(F)F)cccc2C(F)(F)C1. The second-order valence-electron chi connectivity index (χ2n) is 6.37. The van der Waals surface area contributed by atoms with Gasteiger partial charge in [0, 0.05) is 5.56 Å². The molecule has 1 amide bonds. The summed E-state index contributed by atoms with van der Waals surface area (Å²) in [7, 11) is 0. The number of hydrogen-bond donors (Lipinski definition) is 0. The van der Waals surface area contributed by atoms with Crippen molar-refractivity contribution in [3.05, 3.63) is 34.9 Å². The van der Waals surface area contributed by atoms with Crippen LogP contribution in [0.4, 0.5) is 26.7 Å². The smallest absolute Gasteiger partial charge is 0.416 e. The Balaban J connectivity index is 2.44. The van der Waals surface area contributed by atoms with Crippen LogP contribution in [0.2, 0.25) is 0 Å². The number of carbonyl (C=O) groups is 1. The first-order valence-corrected chi connectivity index (χ1v) is 6.86. The quantitative estimate of drug-likeness (QED) is 0.650. The lowest BCUT2D eigenvalue weighted by Crippen LogP contribution is -2.46. The van der Waals surface area contributed by atoms with Crippen LogP contribution in [0, 0.1) is 0 Å². The largest absolute Gasteiger partial charge is 0.444 e. The number of carbonyl (C=O) groups excluding carboxylic acids is 1. The first-order chi connectivity index (χ1) is 10.3. The topological polar surface area (TPSA) is 29.5 Å². The second-order valence-corrected chi connectivity index (χ2v) is 6.37. The lowest BCUT2D eigenvalue weighted by Gasteiger charge is -2.36. The number of hydrogen-bond acceptors (Lipinski definition) is 2. The molecular formula is C15H16F5NO2. The van der Waals surface area contributed by atoms with Crippen molar-refractivity contribution in [1.29, 1.82) is 0 Å². The molecule has 23 heavy (non-hydrogen) atoms. The summed E-state index contributed by atoms with van der Waals surface area (Å²) in [5, 5.41) is 0. The molecule has 0 unspecified atom stereocenters. The number of ether oxygens (including phenoxy) is 1. The Kier molecular flexibility index (Phi) is 4.07. The van der Waals surface area contributed by atoms with Crippen LogP contribution in [0.5, 0.6) is 0 Å². The van der Waals surface area contributed by atoms with E-state index in [9.17, 15) is 26.7 Å². The summed E-state index contributed by atoms with van der Waals surface area (Å²) < 4.78 is 72.5. The Morgan fingerprint density at radius 1 is 1.22 bits per heavy atom. The molecule has 128 valence electrons. The summed E-state index contributed by atoms with van der Waals surface area (Å²) >= 11 is 0. The molecule has 0 aromatic heterocycles. The highest BCUT2D eigenvalue weighted by atomic mass is 19.4. The molecule has 2 rings (SSSR count). The Morgan fingerprint density at radius 3 is 2.35 bits per heavy atom. The summed E-state index contributed by atoms with van der Waals surface area (Å²) in [4.78, 5) is 12.6. The van der Waals surface area contributed by atoms with Gasteiger partial charge in [0.2, 0.25) is 0 Å². The molecular weight excluding hydrogens is 321 g/mol. The molecule has 0 bridgehead atoms. The number of amides is 1. The average molecular weight is 337 g/mol. The highest BCUT2D eigenvalue weighted by Gasteiger charge is 2.46. The highest BCUT2D eigenvalue weighted by Crippen LogP contribution is 2.42. The minimum absolute atomic E-state index is 0.574. The molecule has 0 saturated heterocycles.